The Labute approximate surface area is 84.7 Å². The summed E-state index contributed by atoms with van der Waals surface area (Å²) in [6, 6.07) is 0. The van der Waals surface area contributed by atoms with Gasteiger partial charge in [0.2, 0.25) is 5.91 Å². The Bertz CT molecular complexity index is 228. The summed E-state index contributed by atoms with van der Waals surface area (Å²) in [6.45, 7) is 4.17. The third-order valence-electron chi connectivity index (χ3n) is 2.84. The average Bonchev–Trinajstić information content (AvgIpc) is 2.19. The number of hydrogen-bond donors (Lipinski definition) is 2. The highest BCUT2D eigenvalue weighted by molar-refractivity contribution is 5.77. The third-order valence-corrected chi connectivity index (χ3v) is 2.84. The molecule has 1 heterocycles. The second kappa shape index (κ2) is 5.61. The summed E-state index contributed by atoms with van der Waals surface area (Å²) in [6.07, 6.45) is 4.50. The number of rotatable bonds is 3. The summed E-state index contributed by atoms with van der Waals surface area (Å²) in [4.78, 5) is 11.1. The molecule has 0 aliphatic carbocycles. The zero-order valence-corrected chi connectivity index (χ0v) is 8.55. The van der Waals surface area contributed by atoms with E-state index >= 15 is 0 Å². The lowest BCUT2D eigenvalue weighted by Gasteiger charge is -2.27. The molecule has 0 saturated carbocycles. The van der Waals surface area contributed by atoms with E-state index in [9.17, 15) is 4.79 Å². The first kappa shape index (κ1) is 11.0. The van der Waals surface area contributed by atoms with Crippen molar-refractivity contribution in [2.45, 2.75) is 26.2 Å². The standard InChI is InChI=1S/C10H17N3O/c1-8(5-10(14)13-7-11)9-3-2-4-12-6-9/h8-9,12H,2-6H2,1H3,(H,13,14). The molecule has 1 aliphatic rings. The molecule has 2 N–H and O–H groups in total. The number of amides is 1. The van der Waals surface area contributed by atoms with Crippen molar-refractivity contribution in [3.05, 3.63) is 0 Å². The molecule has 1 fully saturated rings. The van der Waals surface area contributed by atoms with Gasteiger partial charge in [0.1, 0.15) is 0 Å². The normalized spacial score (nSPS) is 23.6. The number of hydrogen-bond acceptors (Lipinski definition) is 3. The van der Waals surface area contributed by atoms with Crippen LogP contribution in [0.5, 0.6) is 0 Å². The minimum absolute atomic E-state index is 0.162. The van der Waals surface area contributed by atoms with Gasteiger partial charge in [-0.3, -0.25) is 10.1 Å². The molecule has 1 amide bonds. The van der Waals surface area contributed by atoms with Crippen molar-refractivity contribution in [2.24, 2.45) is 11.8 Å². The average molecular weight is 195 g/mol. The topological polar surface area (TPSA) is 64.9 Å². The fourth-order valence-electron chi connectivity index (χ4n) is 1.94. The molecular formula is C10H17N3O. The quantitative estimate of drug-likeness (QED) is 0.512. The van der Waals surface area contributed by atoms with E-state index in [1.54, 1.807) is 6.19 Å². The largest absolute Gasteiger partial charge is 0.316 e. The van der Waals surface area contributed by atoms with Crippen LogP contribution in [0.1, 0.15) is 26.2 Å². The van der Waals surface area contributed by atoms with Gasteiger partial charge in [-0.25, -0.2) is 0 Å². The molecule has 14 heavy (non-hydrogen) atoms. The Hall–Kier alpha value is -1.08. The Morgan fingerprint density at radius 3 is 3.14 bits per heavy atom. The van der Waals surface area contributed by atoms with Crippen molar-refractivity contribution in [2.75, 3.05) is 13.1 Å². The minimum atomic E-state index is -0.162. The highest BCUT2D eigenvalue weighted by atomic mass is 16.1. The summed E-state index contributed by atoms with van der Waals surface area (Å²) >= 11 is 0. The van der Waals surface area contributed by atoms with Gasteiger partial charge >= 0.3 is 0 Å². The maximum absolute atomic E-state index is 11.1. The second-order valence-electron chi connectivity index (χ2n) is 3.95. The second-order valence-corrected chi connectivity index (χ2v) is 3.95. The molecule has 2 unspecified atom stereocenters. The van der Waals surface area contributed by atoms with Crippen LogP contribution >= 0.6 is 0 Å². The number of carbonyl (C=O) groups is 1. The van der Waals surface area contributed by atoms with Crippen molar-refractivity contribution in [1.82, 2.24) is 10.6 Å². The van der Waals surface area contributed by atoms with Gasteiger partial charge in [0.15, 0.2) is 6.19 Å². The van der Waals surface area contributed by atoms with Crippen molar-refractivity contribution < 1.29 is 4.79 Å². The van der Waals surface area contributed by atoms with Crippen LogP contribution in [0.15, 0.2) is 0 Å². The van der Waals surface area contributed by atoms with Gasteiger partial charge < -0.3 is 5.32 Å². The zero-order valence-electron chi connectivity index (χ0n) is 8.55. The summed E-state index contributed by atoms with van der Waals surface area (Å²) < 4.78 is 0. The van der Waals surface area contributed by atoms with Crippen LogP contribution in [0, 0.1) is 23.3 Å². The van der Waals surface area contributed by atoms with E-state index < -0.39 is 0 Å². The molecule has 4 nitrogen and oxygen atoms in total. The van der Waals surface area contributed by atoms with Crippen LogP contribution in [0.25, 0.3) is 0 Å². The van der Waals surface area contributed by atoms with E-state index in [2.05, 4.69) is 17.6 Å². The van der Waals surface area contributed by atoms with E-state index in [0.717, 1.165) is 13.1 Å². The predicted octanol–water partition coefficient (Wildman–Crippen LogP) is 0.609. The molecule has 1 saturated heterocycles. The summed E-state index contributed by atoms with van der Waals surface area (Å²) in [7, 11) is 0. The van der Waals surface area contributed by atoms with Crippen LogP contribution in [0.2, 0.25) is 0 Å². The molecule has 0 radical (unpaired) electrons. The number of nitriles is 1. The van der Waals surface area contributed by atoms with E-state index in [4.69, 9.17) is 5.26 Å². The van der Waals surface area contributed by atoms with Gasteiger partial charge in [0.05, 0.1) is 0 Å². The molecule has 4 heteroatoms. The Morgan fingerprint density at radius 2 is 2.57 bits per heavy atom. The first-order chi connectivity index (χ1) is 6.74. The van der Waals surface area contributed by atoms with Gasteiger partial charge in [-0.1, -0.05) is 6.92 Å². The van der Waals surface area contributed by atoms with Crippen molar-refractivity contribution >= 4 is 5.91 Å². The van der Waals surface area contributed by atoms with Crippen LogP contribution in [0.3, 0.4) is 0 Å². The lowest BCUT2D eigenvalue weighted by atomic mass is 9.85. The molecule has 0 aromatic rings. The Kier molecular flexibility index (Phi) is 4.41. The van der Waals surface area contributed by atoms with Gasteiger partial charge in [-0.15, -0.1) is 0 Å². The highest BCUT2D eigenvalue weighted by Crippen LogP contribution is 2.22. The molecular weight excluding hydrogens is 178 g/mol. The fourth-order valence-corrected chi connectivity index (χ4v) is 1.94. The van der Waals surface area contributed by atoms with E-state index in [-0.39, 0.29) is 5.91 Å². The first-order valence-electron chi connectivity index (χ1n) is 5.12. The van der Waals surface area contributed by atoms with Gasteiger partial charge in [-0.05, 0) is 37.8 Å². The molecule has 0 aromatic heterocycles. The number of piperidine rings is 1. The van der Waals surface area contributed by atoms with Crippen LogP contribution < -0.4 is 10.6 Å². The third kappa shape index (κ3) is 3.35. The van der Waals surface area contributed by atoms with Crippen molar-refractivity contribution in [3.63, 3.8) is 0 Å². The number of nitrogens with one attached hydrogen (secondary N) is 2. The molecule has 78 valence electrons. The van der Waals surface area contributed by atoms with Crippen molar-refractivity contribution in [3.8, 4) is 6.19 Å². The lowest BCUT2D eigenvalue weighted by molar-refractivity contribution is -0.121. The monoisotopic (exact) mass is 195 g/mol. The van der Waals surface area contributed by atoms with E-state index in [0.29, 0.717) is 18.3 Å². The molecule has 0 bridgehead atoms. The summed E-state index contributed by atoms with van der Waals surface area (Å²) in [5.74, 6) is 0.773. The number of carbonyl (C=O) groups excluding carboxylic acids is 1. The van der Waals surface area contributed by atoms with Gasteiger partial charge in [-0.2, -0.15) is 5.26 Å². The lowest BCUT2D eigenvalue weighted by Crippen LogP contribution is -2.35. The van der Waals surface area contributed by atoms with Crippen LogP contribution in [-0.2, 0) is 4.79 Å². The molecule has 1 rings (SSSR count). The van der Waals surface area contributed by atoms with Crippen molar-refractivity contribution in [1.29, 1.82) is 5.26 Å². The van der Waals surface area contributed by atoms with E-state index in [1.807, 2.05) is 0 Å². The molecule has 0 aromatic carbocycles. The minimum Gasteiger partial charge on any atom is -0.316 e. The van der Waals surface area contributed by atoms with Gasteiger partial charge in [0, 0.05) is 6.42 Å². The smallest absolute Gasteiger partial charge is 0.233 e. The number of nitrogens with zero attached hydrogens (tertiary/aromatic N) is 1. The molecule has 0 spiro atoms. The Morgan fingerprint density at radius 1 is 1.79 bits per heavy atom. The maximum atomic E-state index is 11.1. The zero-order chi connectivity index (χ0) is 10.4. The maximum Gasteiger partial charge on any atom is 0.233 e. The first-order valence-corrected chi connectivity index (χ1v) is 5.12. The van der Waals surface area contributed by atoms with Crippen LogP contribution in [-0.4, -0.2) is 19.0 Å². The molecule has 2 atom stereocenters. The molecule has 1 aliphatic heterocycles. The summed E-state index contributed by atoms with van der Waals surface area (Å²) in [5.41, 5.74) is 0. The Balaban J connectivity index is 2.29. The SMILES string of the molecule is CC(CC(=O)NC#N)C1CCCNC1. The van der Waals surface area contributed by atoms with Gasteiger partial charge in [0.25, 0.3) is 0 Å². The van der Waals surface area contributed by atoms with Crippen LogP contribution in [0.4, 0.5) is 0 Å². The highest BCUT2D eigenvalue weighted by Gasteiger charge is 2.21. The van der Waals surface area contributed by atoms with E-state index in [1.165, 1.54) is 12.8 Å². The predicted molar refractivity (Wildman–Crippen MR) is 53.1 cm³/mol. The fraction of sp³-hybridized carbons (Fsp3) is 0.800. The summed E-state index contributed by atoms with van der Waals surface area (Å²) in [5, 5.41) is 13.8.